The second kappa shape index (κ2) is 8.96. The Morgan fingerprint density at radius 1 is 0.970 bits per heavy atom. The monoisotopic (exact) mass is 442 g/mol. The molecule has 5 rings (SSSR count). The molecule has 0 radical (unpaired) electrons. The number of carbonyl (C=O) groups is 2. The minimum atomic E-state index is -1.12. The molecule has 0 saturated carbocycles. The Bertz CT molecular complexity index is 1330. The largest absolute Gasteiger partial charge is 0.465 e. The topological polar surface area (TPSA) is 95.4 Å². The third-order valence-corrected chi connectivity index (χ3v) is 6.27. The molecule has 1 aromatic heterocycles. The lowest BCUT2D eigenvalue weighted by Gasteiger charge is -2.24. The van der Waals surface area contributed by atoms with E-state index < -0.39 is 6.09 Å². The maximum absolute atomic E-state index is 13.4. The van der Waals surface area contributed by atoms with Gasteiger partial charge in [0.2, 0.25) is 0 Å². The van der Waals surface area contributed by atoms with Crippen LogP contribution in [0, 0.1) is 0 Å². The van der Waals surface area contributed by atoms with E-state index in [0.29, 0.717) is 17.9 Å². The minimum absolute atomic E-state index is 0.105. The molecule has 1 aliphatic rings. The van der Waals surface area contributed by atoms with E-state index in [9.17, 15) is 9.59 Å². The molecule has 1 saturated heterocycles. The molecule has 7 heteroatoms. The minimum Gasteiger partial charge on any atom is -0.465 e. The van der Waals surface area contributed by atoms with Crippen molar-refractivity contribution in [2.45, 2.75) is 25.4 Å². The Morgan fingerprint density at radius 2 is 1.76 bits per heavy atom. The quantitative estimate of drug-likeness (QED) is 0.368. The molecule has 0 spiro atoms. The number of hydrogen-bond acceptors (Lipinski definition) is 3. The predicted octanol–water partition coefficient (Wildman–Crippen LogP) is 4.41. The van der Waals surface area contributed by atoms with Crippen molar-refractivity contribution >= 4 is 39.4 Å². The Kier molecular flexibility index (Phi) is 5.71. The average molecular weight is 443 g/mol. The van der Waals surface area contributed by atoms with E-state index in [1.54, 1.807) is 12.1 Å². The fourth-order valence-electron chi connectivity index (χ4n) is 4.64. The number of fused-ring (bicyclic) bond motifs is 2. The van der Waals surface area contributed by atoms with Crippen LogP contribution in [0.5, 0.6) is 0 Å². The summed E-state index contributed by atoms with van der Waals surface area (Å²) >= 11 is 0. The van der Waals surface area contributed by atoms with Crippen LogP contribution in [-0.2, 0) is 6.54 Å². The maximum Gasteiger partial charge on any atom is 0.409 e. The lowest BCUT2D eigenvalue weighted by atomic mass is 10.0. The molecule has 0 atom stereocenters. The average Bonchev–Trinajstić information content (AvgIpc) is 3.17. The highest BCUT2D eigenvalue weighted by Crippen LogP contribution is 2.27. The normalized spacial score (nSPS) is 14.4. The van der Waals surface area contributed by atoms with E-state index >= 15 is 0 Å². The first kappa shape index (κ1) is 21.0. The number of benzene rings is 3. The van der Waals surface area contributed by atoms with Crippen LogP contribution >= 0.6 is 0 Å². The second-order valence-electron chi connectivity index (χ2n) is 8.46. The molecular weight excluding hydrogens is 416 g/mol. The molecule has 2 amide bonds. The SMILES string of the molecule is O=C(O)Nc1ccc2cc(C(=O)NC3CCNCC3)n(Cc3cccc4ccccc34)c2c1. The molecule has 0 aliphatic carbocycles. The van der Waals surface area contributed by atoms with E-state index in [1.165, 1.54) is 0 Å². The fourth-order valence-corrected chi connectivity index (χ4v) is 4.64. The summed E-state index contributed by atoms with van der Waals surface area (Å²) in [5, 5.41) is 21.2. The predicted molar refractivity (Wildman–Crippen MR) is 130 cm³/mol. The van der Waals surface area contributed by atoms with Gasteiger partial charge in [0.25, 0.3) is 5.91 Å². The molecule has 4 N–H and O–H groups in total. The Balaban J connectivity index is 1.58. The Hall–Kier alpha value is -3.84. The first-order valence-corrected chi connectivity index (χ1v) is 11.2. The van der Waals surface area contributed by atoms with Crippen LogP contribution in [0.3, 0.4) is 0 Å². The lowest BCUT2D eigenvalue weighted by Crippen LogP contribution is -2.43. The maximum atomic E-state index is 13.4. The molecule has 0 unspecified atom stereocenters. The van der Waals surface area contributed by atoms with Gasteiger partial charge in [-0.15, -0.1) is 0 Å². The van der Waals surface area contributed by atoms with Crippen LogP contribution in [-0.4, -0.2) is 40.8 Å². The summed E-state index contributed by atoms with van der Waals surface area (Å²) in [6.07, 6.45) is 0.689. The zero-order valence-electron chi connectivity index (χ0n) is 18.2. The summed E-state index contributed by atoms with van der Waals surface area (Å²) in [5.41, 5.74) is 2.95. The van der Waals surface area contributed by atoms with Gasteiger partial charge in [0.15, 0.2) is 0 Å². The summed E-state index contributed by atoms with van der Waals surface area (Å²) in [5.74, 6) is -0.105. The van der Waals surface area contributed by atoms with Crippen LogP contribution in [0.4, 0.5) is 10.5 Å². The van der Waals surface area contributed by atoms with Crippen molar-refractivity contribution in [1.29, 1.82) is 0 Å². The third-order valence-electron chi connectivity index (χ3n) is 6.27. The first-order valence-electron chi connectivity index (χ1n) is 11.2. The summed E-state index contributed by atoms with van der Waals surface area (Å²) in [6, 6.07) is 21.7. The van der Waals surface area contributed by atoms with Crippen molar-refractivity contribution < 1.29 is 14.7 Å². The van der Waals surface area contributed by atoms with Gasteiger partial charge in [0.1, 0.15) is 5.69 Å². The number of aromatic nitrogens is 1. The van der Waals surface area contributed by atoms with Gasteiger partial charge in [-0.3, -0.25) is 10.1 Å². The molecule has 1 aliphatic heterocycles. The third kappa shape index (κ3) is 4.40. The van der Waals surface area contributed by atoms with Crippen LogP contribution < -0.4 is 16.0 Å². The number of rotatable bonds is 5. The van der Waals surface area contributed by atoms with E-state index in [1.807, 2.05) is 34.9 Å². The molecule has 2 heterocycles. The van der Waals surface area contributed by atoms with Crippen molar-refractivity contribution in [2.24, 2.45) is 0 Å². The molecule has 33 heavy (non-hydrogen) atoms. The number of nitrogens with one attached hydrogen (secondary N) is 3. The molecule has 3 aromatic carbocycles. The van der Waals surface area contributed by atoms with E-state index in [2.05, 4.69) is 40.2 Å². The molecule has 0 bridgehead atoms. The fraction of sp³-hybridized carbons (Fsp3) is 0.231. The van der Waals surface area contributed by atoms with Crippen LogP contribution in [0.25, 0.3) is 21.7 Å². The van der Waals surface area contributed by atoms with Gasteiger partial charge in [-0.25, -0.2) is 4.79 Å². The number of anilines is 1. The van der Waals surface area contributed by atoms with Gasteiger partial charge >= 0.3 is 6.09 Å². The highest BCUT2D eigenvalue weighted by Gasteiger charge is 2.21. The highest BCUT2D eigenvalue weighted by molar-refractivity contribution is 6.00. The molecule has 4 aromatic rings. The van der Waals surface area contributed by atoms with Crippen molar-refractivity contribution in [1.82, 2.24) is 15.2 Å². The number of piperidine rings is 1. The van der Waals surface area contributed by atoms with E-state index in [4.69, 9.17) is 5.11 Å². The first-order chi connectivity index (χ1) is 16.1. The van der Waals surface area contributed by atoms with Gasteiger partial charge in [-0.2, -0.15) is 0 Å². The van der Waals surface area contributed by atoms with Crippen LogP contribution in [0.15, 0.2) is 66.7 Å². The molecule has 7 nitrogen and oxygen atoms in total. The molecular formula is C26H26N4O3. The molecule has 1 fully saturated rings. The van der Waals surface area contributed by atoms with Gasteiger partial charge in [0.05, 0.1) is 5.52 Å². The van der Waals surface area contributed by atoms with Crippen LogP contribution in [0.2, 0.25) is 0 Å². The van der Waals surface area contributed by atoms with Crippen molar-refractivity contribution in [3.63, 3.8) is 0 Å². The van der Waals surface area contributed by atoms with Crippen molar-refractivity contribution in [3.8, 4) is 0 Å². The van der Waals surface area contributed by atoms with E-state index in [-0.39, 0.29) is 11.9 Å². The number of carboxylic acid groups (broad SMARTS) is 1. The number of nitrogens with zero attached hydrogens (tertiary/aromatic N) is 1. The van der Waals surface area contributed by atoms with Gasteiger partial charge < -0.3 is 20.3 Å². The Morgan fingerprint density at radius 3 is 2.58 bits per heavy atom. The standard InChI is InChI=1S/C26H26N4O3/c31-25(28-20-10-12-27-13-11-20)24-14-18-8-9-21(29-26(32)33)15-23(18)30(24)16-19-6-3-5-17-4-1-2-7-22(17)19/h1-9,14-15,20,27,29H,10-13,16H2,(H,28,31)(H,32,33). The van der Waals surface area contributed by atoms with Crippen molar-refractivity contribution in [2.75, 3.05) is 18.4 Å². The van der Waals surface area contributed by atoms with E-state index in [0.717, 1.165) is 53.2 Å². The van der Waals surface area contributed by atoms with Gasteiger partial charge in [0, 0.05) is 23.7 Å². The summed E-state index contributed by atoms with van der Waals surface area (Å²) in [7, 11) is 0. The van der Waals surface area contributed by atoms with Gasteiger partial charge in [-0.1, -0.05) is 48.5 Å². The van der Waals surface area contributed by atoms with Crippen LogP contribution in [0.1, 0.15) is 28.9 Å². The highest BCUT2D eigenvalue weighted by atomic mass is 16.4. The number of amides is 2. The molecule has 168 valence electrons. The smallest absolute Gasteiger partial charge is 0.409 e. The zero-order chi connectivity index (χ0) is 22.8. The number of hydrogen-bond donors (Lipinski definition) is 4. The Labute approximate surface area is 191 Å². The van der Waals surface area contributed by atoms with Gasteiger partial charge in [-0.05, 0) is 60.5 Å². The summed E-state index contributed by atoms with van der Waals surface area (Å²) in [4.78, 5) is 24.5. The second-order valence-corrected chi connectivity index (χ2v) is 8.46. The lowest BCUT2D eigenvalue weighted by molar-refractivity contribution is 0.0921. The summed E-state index contributed by atoms with van der Waals surface area (Å²) < 4.78 is 1.99. The van der Waals surface area contributed by atoms with Crippen molar-refractivity contribution in [3.05, 3.63) is 78.0 Å². The number of carbonyl (C=O) groups excluding carboxylic acids is 1. The zero-order valence-corrected chi connectivity index (χ0v) is 18.2. The summed E-state index contributed by atoms with van der Waals surface area (Å²) in [6.45, 7) is 2.29.